The Balaban J connectivity index is 1.46. The van der Waals surface area contributed by atoms with Crippen molar-refractivity contribution >= 4 is 27.5 Å². The van der Waals surface area contributed by atoms with Gasteiger partial charge in [-0.3, -0.25) is 4.79 Å². The fourth-order valence-corrected chi connectivity index (χ4v) is 6.15. The third kappa shape index (κ3) is 2.62. The van der Waals surface area contributed by atoms with Crippen molar-refractivity contribution in [2.45, 2.75) is 38.5 Å². The number of hydrogen-bond acceptors (Lipinski definition) is 3. The second-order valence-electron chi connectivity index (χ2n) is 8.15. The van der Waals surface area contributed by atoms with Crippen LogP contribution in [-0.4, -0.2) is 20.7 Å². The van der Waals surface area contributed by atoms with E-state index in [9.17, 15) is 4.79 Å². The largest absolute Gasteiger partial charge is 0.324 e. The van der Waals surface area contributed by atoms with Gasteiger partial charge in [0.05, 0.1) is 16.8 Å². The van der Waals surface area contributed by atoms with Gasteiger partial charge in [0.1, 0.15) is 12.7 Å². The lowest BCUT2D eigenvalue weighted by atomic mass is 9.49. The number of nitrogens with zero attached hydrogens (tertiary/aromatic N) is 3. The normalized spacial score (nSPS) is 32.8. The summed E-state index contributed by atoms with van der Waals surface area (Å²) in [5.41, 5.74) is 1.48. The van der Waals surface area contributed by atoms with Crippen LogP contribution in [0.1, 0.15) is 38.5 Å². The zero-order valence-corrected chi connectivity index (χ0v) is 15.6. The number of amides is 1. The monoisotopic (exact) mass is 400 g/mol. The van der Waals surface area contributed by atoms with Gasteiger partial charge in [0.25, 0.3) is 0 Å². The second kappa shape index (κ2) is 5.66. The van der Waals surface area contributed by atoms with Gasteiger partial charge < -0.3 is 5.32 Å². The fraction of sp³-hybridized carbons (Fsp3) is 0.526. The van der Waals surface area contributed by atoms with Gasteiger partial charge in [0.15, 0.2) is 0 Å². The highest BCUT2D eigenvalue weighted by molar-refractivity contribution is 9.10. The molecule has 1 heterocycles. The average Bonchev–Trinajstić information content (AvgIpc) is 3.08. The number of nitrogens with one attached hydrogen (secondary N) is 1. The van der Waals surface area contributed by atoms with Crippen molar-refractivity contribution in [2.75, 3.05) is 5.32 Å². The Bertz CT molecular complexity index is 782. The Labute approximate surface area is 155 Å². The van der Waals surface area contributed by atoms with E-state index in [1.165, 1.54) is 25.6 Å². The molecule has 4 bridgehead atoms. The summed E-state index contributed by atoms with van der Waals surface area (Å²) in [5.74, 6) is 2.48. The van der Waals surface area contributed by atoms with Crippen LogP contribution in [0.3, 0.4) is 0 Å². The maximum absolute atomic E-state index is 13.3. The molecule has 6 rings (SSSR count). The number of benzene rings is 1. The Morgan fingerprint density at radius 3 is 2.44 bits per heavy atom. The van der Waals surface area contributed by atoms with Gasteiger partial charge in [-0.2, -0.15) is 5.10 Å². The smallest absolute Gasteiger partial charge is 0.230 e. The number of aromatic nitrogens is 3. The van der Waals surface area contributed by atoms with E-state index in [4.69, 9.17) is 0 Å². The van der Waals surface area contributed by atoms with Gasteiger partial charge in [-0.1, -0.05) is 15.9 Å². The van der Waals surface area contributed by atoms with Crippen molar-refractivity contribution in [2.24, 2.45) is 23.2 Å². The average molecular weight is 401 g/mol. The molecule has 0 radical (unpaired) electrons. The first-order valence-corrected chi connectivity index (χ1v) is 9.87. The van der Waals surface area contributed by atoms with Crippen LogP contribution < -0.4 is 5.32 Å². The Kier molecular flexibility index (Phi) is 3.52. The first kappa shape index (κ1) is 15.6. The molecule has 1 aromatic heterocycles. The molecule has 1 aromatic carbocycles. The van der Waals surface area contributed by atoms with Crippen LogP contribution in [0.15, 0.2) is 35.3 Å². The number of anilines is 1. The van der Waals surface area contributed by atoms with Crippen LogP contribution in [0, 0.1) is 23.2 Å². The minimum absolute atomic E-state index is 0.156. The lowest BCUT2D eigenvalue weighted by Gasteiger charge is -2.55. The first-order valence-electron chi connectivity index (χ1n) is 9.07. The molecule has 130 valence electrons. The van der Waals surface area contributed by atoms with Crippen molar-refractivity contribution in [3.63, 3.8) is 0 Å². The molecule has 6 heteroatoms. The van der Waals surface area contributed by atoms with Crippen LogP contribution in [0.4, 0.5) is 5.69 Å². The number of halogens is 1. The molecule has 0 unspecified atom stereocenters. The lowest BCUT2D eigenvalue weighted by molar-refractivity contribution is -0.140. The maximum Gasteiger partial charge on any atom is 0.230 e. The number of rotatable bonds is 3. The SMILES string of the molecule is O=C(Nc1cc(Br)ccc1-n1cncn1)C12CC3CC(CC(C3)C1)C2. The summed E-state index contributed by atoms with van der Waals surface area (Å²) >= 11 is 3.52. The molecule has 0 aliphatic heterocycles. The summed E-state index contributed by atoms with van der Waals surface area (Å²) in [7, 11) is 0. The van der Waals surface area contributed by atoms with Crippen molar-refractivity contribution in [1.82, 2.24) is 14.8 Å². The summed E-state index contributed by atoms with van der Waals surface area (Å²) in [6.07, 6.45) is 10.4. The lowest BCUT2D eigenvalue weighted by Crippen LogP contribution is -2.51. The Morgan fingerprint density at radius 2 is 1.84 bits per heavy atom. The molecule has 1 amide bonds. The molecule has 5 nitrogen and oxygen atoms in total. The molecule has 0 atom stereocenters. The molecule has 4 aliphatic rings. The number of hydrogen-bond donors (Lipinski definition) is 1. The summed E-state index contributed by atoms with van der Waals surface area (Å²) in [6.45, 7) is 0. The van der Waals surface area contributed by atoms with Crippen LogP contribution in [0.25, 0.3) is 5.69 Å². The van der Waals surface area contributed by atoms with E-state index in [1.54, 1.807) is 11.0 Å². The van der Waals surface area contributed by atoms with Gasteiger partial charge in [0.2, 0.25) is 5.91 Å². The summed E-state index contributed by atoms with van der Waals surface area (Å²) in [6, 6.07) is 5.86. The predicted molar refractivity (Wildman–Crippen MR) is 98.3 cm³/mol. The minimum Gasteiger partial charge on any atom is -0.324 e. The van der Waals surface area contributed by atoms with Crippen LogP contribution in [0.5, 0.6) is 0 Å². The highest BCUT2D eigenvalue weighted by Gasteiger charge is 2.54. The molecular formula is C19H21BrN4O. The second-order valence-corrected chi connectivity index (χ2v) is 9.07. The van der Waals surface area contributed by atoms with E-state index >= 15 is 0 Å². The minimum atomic E-state index is -0.156. The van der Waals surface area contributed by atoms with E-state index in [0.29, 0.717) is 0 Å². The van der Waals surface area contributed by atoms with Gasteiger partial charge in [-0.05, 0) is 74.5 Å². The molecular weight excluding hydrogens is 380 g/mol. The van der Waals surface area contributed by atoms with Crippen molar-refractivity contribution in [3.05, 3.63) is 35.3 Å². The number of carbonyl (C=O) groups is 1. The van der Waals surface area contributed by atoms with E-state index in [2.05, 4.69) is 31.3 Å². The highest BCUT2D eigenvalue weighted by Crippen LogP contribution is 2.60. The van der Waals surface area contributed by atoms with Gasteiger partial charge in [-0.15, -0.1) is 0 Å². The molecule has 1 N–H and O–H groups in total. The van der Waals surface area contributed by atoms with Crippen molar-refractivity contribution in [3.8, 4) is 5.69 Å². The topological polar surface area (TPSA) is 59.8 Å². The summed E-state index contributed by atoms with van der Waals surface area (Å²) in [5, 5.41) is 7.45. The Hall–Kier alpha value is -1.69. The fourth-order valence-electron chi connectivity index (χ4n) is 5.78. The van der Waals surface area contributed by atoms with Gasteiger partial charge in [-0.25, -0.2) is 9.67 Å². The molecule has 2 aromatic rings. The van der Waals surface area contributed by atoms with Crippen molar-refractivity contribution in [1.29, 1.82) is 0 Å². The zero-order chi connectivity index (χ0) is 17.0. The van der Waals surface area contributed by atoms with Crippen LogP contribution in [0.2, 0.25) is 0 Å². The quantitative estimate of drug-likeness (QED) is 0.839. The molecule has 0 saturated heterocycles. The van der Waals surface area contributed by atoms with Gasteiger partial charge in [0, 0.05) is 4.47 Å². The van der Waals surface area contributed by atoms with E-state index in [0.717, 1.165) is 52.9 Å². The molecule has 4 fully saturated rings. The van der Waals surface area contributed by atoms with E-state index < -0.39 is 0 Å². The molecule has 4 aliphatic carbocycles. The van der Waals surface area contributed by atoms with E-state index in [-0.39, 0.29) is 11.3 Å². The number of carbonyl (C=O) groups excluding carboxylic acids is 1. The summed E-state index contributed by atoms with van der Waals surface area (Å²) < 4.78 is 2.64. The third-order valence-electron chi connectivity index (χ3n) is 6.39. The van der Waals surface area contributed by atoms with Crippen molar-refractivity contribution < 1.29 is 4.79 Å². The van der Waals surface area contributed by atoms with Gasteiger partial charge >= 0.3 is 0 Å². The molecule has 4 saturated carbocycles. The molecule has 0 spiro atoms. The standard InChI is InChI=1S/C19H21BrN4O/c20-15-1-2-17(24-11-21-10-22-24)16(6-15)23-18(25)19-7-12-3-13(8-19)5-14(4-12)9-19/h1-2,6,10-14H,3-5,7-9H2,(H,23,25). The maximum atomic E-state index is 13.3. The first-order chi connectivity index (χ1) is 12.1. The van der Waals surface area contributed by atoms with Crippen LogP contribution >= 0.6 is 15.9 Å². The zero-order valence-electron chi connectivity index (χ0n) is 14.0. The molecule has 25 heavy (non-hydrogen) atoms. The highest BCUT2D eigenvalue weighted by atomic mass is 79.9. The third-order valence-corrected chi connectivity index (χ3v) is 6.89. The summed E-state index contributed by atoms with van der Waals surface area (Å²) in [4.78, 5) is 17.4. The van der Waals surface area contributed by atoms with Crippen LogP contribution in [-0.2, 0) is 4.79 Å². The predicted octanol–water partition coefficient (Wildman–Crippen LogP) is 4.18. The van der Waals surface area contributed by atoms with E-state index in [1.807, 2.05) is 18.2 Å². The Morgan fingerprint density at radius 1 is 1.16 bits per heavy atom.